The van der Waals surface area contributed by atoms with Gasteiger partial charge in [0, 0.05) is 52.4 Å². The lowest BCUT2D eigenvalue weighted by Gasteiger charge is -2.35. The fourth-order valence-corrected chi connectivity index (χ4v) is 4.49. The van der Waals surface area contributed by atoms with Crippen molar-refractivity contribution >= 4 is 17.1 Å². The Morgan fingerprint density at radius 3 is 2.54 bits per heavy atom. The number of aryl methyl sites for hydroxylation is 2. The molecule has 0 spiro atoms. The van der Waals surface area contributed by atoms with Crippen LogP contribution in [0.1, 0.15) is 11.5 Å². The molecule has 0 saturated carbocycles. The molecule has 0 bridgehead atoms. The molecule has 0 atom stereocenters. The maximum absolute atomic E-state index is 13.2. The van der Waals surface area contributed by atoms with Gasteiger partial charge in [-0.1, -0.05) is 17.7 Å². The van der Waals surface area contributed by atoms with Crippen molar-refractivity contribution in [3.63, 3.8) is 0 Å². The van der Waals surface area contributed by atoms with Crippen LogP contribution in [-0.4, -0.2) is 78.2 Å². The minimum absolute atomic E-state index is 0.108. The highest BCUT2D eigenvalue weighted by molar-refractivity contribution is 5.74. The predicted molar refractivity (Wildman–Crippen MR) is 130 cm³/mol. The monoisotopic (exact) mass is 480 g/mol. The van der Waals surface area contributed by atoms with E-state index in [2.05, 4.69) is 20.0 Å². The standard InChI is InChI=1S/C23H28N8O4/c1-15-5-4-6-16(13-15)20-26-25-17(35-20)14-31-18-19(27(2)23(34)28(3)21(18)33)24-22(31)30-9-7-29(8-10-30)11-12-32/h4-6,13,32H,7-12,14H2,1-3H3. The van der Waals surface area contributed by atoms with E-state index in [1.807, 2.05) is 31.2 Å². The predicted octanol–water partition coefficient (Wildman–Crippen LogP) is -0.0453. The molecule has 12 heteroatoms. The first-order valence-corrected chi connectivity index (χ1v) is 11.5. The van der Waals surface area contributed by atoms with Gasteiger partial charge in [0.15, 0.2) is 11.2 Å². The van der Waals surface area contributed by atoms with E-state index < -0.39 is 11.2 Å². The van der Waals surface area contributed by atoms with E-state index in [0.29, 0.717) is 48.5 Å². The SMILES string of the molecule is Cc1cccc(-c2nnc(Cn3c(N4CCN(CCO)CC4)nc4c3c(=O)n(C)c(=O)n4C)o2)c1. The first-order chi connectivity index (χ1) is 16.9. The summed E-state index contributed by atoms with van der Waals surface area (Å²) in [5, 5.41) is 17.7. The highest BCUT2D eigenvalue weighted by Crippen LogP contribution is 2.24. The number of aromatic nitrogens is 6. The highest BCUT2D eigenvalue weighted by Gasteiger charge is 2.26. The zero-order valence-electron chi connectivity index (χ0n) is 20.0. The average molecular weight is 481 g/mol. The lowest BCUT2D eigenvalue weighted by atomic mass is 10.1. The van der Waals surface area contributed by atoms with Crippen molar-refractivity contribution in [1.29, 1.82) is 0 Å². The summed E-state index contributed by atoms with van der Waals surface area (Å²) in [5.74, 6) is 1.29. The van der Waals surface area contributed by atoms with Gasteiger partial charge in [0.2, 0.25) is 17.7 Å². The summed E-state index contributed by atoms with van der Waals surface area (Å²) in [6.45, 7) is 5.67. The lowest BCUT2D eigenvalue weighted by molar-refractivity contribution is 0.188. The molecule has 1 fully saturated rings. The molecule has 0 unspecified atom stereocenters. The van der Waals surface area contributed by atoms with E-state index in [-0.39, 0.29) is 13.2 Å². The van der Waals surface area contributed by atoms with Crippen LogP contribution in [0.3, 0.4) is 0 Å². The second kappa shape index (κ2) is 9.12. The van der Waals surface area contributed by atoms with Crippen LogP contribution in [0, 0.1) is 6.92 Å². The number of aliphatic hydroxyl groups excluding tert-OH is 1. The van der Waals surface area contributed by atoms with Crippen LogP contribution in [0.5, 0.6) is 0 Å². The third-order valence-corrected chi connectivity index (χ3v) is 6.42. The molecule has 4 aromatic rings. The molecular weight excluding hydrogens is 452 g/mol. The van der Waals surface area contributed by atoms with Crippen LogP contribution in [0.2, 0.25) is 0 Å². The highest BCUT2D eigenvalue weighted by atomic mass is 16.4. The molecule has 3 aromatic heterocycles. The fourth-order valence-electron chi connectivity index (χ4n) is 4.49. The summed E-state index contributed by atoms with van der Waals surface area (Å²) in [5.41, 5.74) is 1.64. The number of hydrogen-bond acceptors (Lipinski definition) is 9. The van der Waals surface area contributed by atoms with Gasteiger partial charge in [-0.05, 0) is 19.1 Å². The zero-order valence-corrected chi connectivity index (χ0v) is 20.0. The third-order valence-electron chi connectivity index (χ3n) is 6.42. The zero-order chi connectivity index (χ0) is 24.7. The Balaban J connectivity index is 1.58. The van der Waals surface area contributed by atoms with Crippen molar-refractivity contribution in [2.24, 2.45) is 14.1 Å². The minimum atomic E-state index is -0.439. The number of anilines is 1. The maximum atomic E-state index is 13.2. The van der Waals surface area contributed by atoms with Crippen LogP contribution in [0.25, 0.3) is 22.6 Å². The summed E-state index contributed by atoms with van der Waals surface area (Å²) < 4.78 is 10.2. The van der Waals surface area contributed by atoms with E-state index in [4.69, 9.17) is 9.40 Å². The van der Waals surface area contributed by atoms with E-state index in [0.717, 1.165) is 28.8 Å². The number of fused-ring (bicyclic) bond motifs is 1. The van der Waals surface area contributed by atoms with Gasteiger partial charge in [-0.25, -0.2) is 4.79 Å². The number of piperazine rings is 1. The Kier molecular flexibility index (Phi) is 5.99. The van der Waals surface area contributed by atoms with E-state index >= 15 is 0 Å². The Labute approximate surface area is 200 Å². The van der Waals surface area contributed by atoms with Crippen molar-refractivity contribution in [3.05, 3.63) is 56.6 Å². The molecule has 0 aliphatic carbocycles. The molecule has 1 aliphatic rings. The molecule has 1 aliphatic heterocycles. The van der Waals surface area contributed by atoms with Crippen LogP contribution < -0.4 is 16.1 Å². The molecule has 5 rings (SSSR count). The molecular formula is C23H28N8O4. The third kappa shape index (κ3) is 4.15. The molecule has 4 heterocycles. The summed E-state index contributed by atoms with van der Waals surface area (Å²) in [4.78, 5) is 34.7. The molecule has 184 valence electrons. The van der Waals surface area contributed by atoms with Crippen molar-refractivity contribution in [2.45, 2.75) is 13.5 Å². The van der Waals surface area contributed by atoms with Gasteiger partial charge < -0.3 is 14.4 Å². The van der Waals surface area contributed by atoms with Gasteiger partial charge in [0.25, 0.3) is 5.56 Å². The molecule has 1 saturated heterocycles. The quantitative estimate of drug-likeness (QED) is 0.404. The fraction of sp³-hybridized carbons (Fsp3) is 0.435. The summed E-state index contributed by atoms with van der Waals surface area (Å²) in [7, 11) is 3.06. The Hall–Kier alpha value is -3.77. The number of imidazole rings is 1. The van der Waals surface area contributed by atoms with E-state index in [1.165, 1.54) is 11.6 Å². The molecule has 1 N–H and O–H groups in total. The lowest BCUT2D eigenvalue weighted by Crippen LogP contribution is -2.48. The van der Waals surface area contributed by atoms with Gasteiger partial charge >= 0.3 is 5.69 Å². The second-order valence-corrected chi connectivity index (χ2v) is 8.80. The minimum Gasteiger partial charge on any atom is -0.419 e. The van der Waals surface area contributed by atoms with Crippen LogP contribution >= 0.6 is 0 Å². The molecule has 0 amide bonds. The van der Waals surface area contributed by atoms with Crippen molar-refractivity contribution in [1.82, 2.24) is 33.8 Å². The Morgan fingerprint density at radius 2 is 1.83 bits per heavy atom. The first kappa shape index (κ1) is 23.0. The number of hydrogen-bond donors (Lipinski definition) is 1. The normalized spacial score (nSPS) is 14.8. The van der Waals surface area contributed by atoms with Crippen molar-refractivity contribution < 1.29 is 9.52 Å². The van der Waals surface area contributed by atoms with Gasteiger partial charge in [-0.3, -0.25) is 23.4 Å². The topological polar surface area (TPSA) is 127 Å². The molecule has 1 aromatic carbocycles. The first-order valence-electron chi connectivity index (χ1n) is 11.5. The van der Waals surface area contributed by atoms with Crippen LogP contribution in [0.4, 0.5) is 5.95 Å². The van der Waals surface area contributed by atoms with Crippen molar-refractivity contribution in [3.8, 4) is 11.5 Å². The number of benzene rings is 1. The molecule has 35 heavy (non-hydrogen) atoms. The van der Waals surface area contributed by atoms with Crippen molar-refractivity contribution in [2.75, 3.05) is 44.2 Å². The largest absolute Gasteiger partial charge is 0.419 e. The van der Waals surface area contributed by atoms with E-state index in [1.54, 1.807) is 11.6 Å². The Bertz CT molecular complexity index is 1490. The van der Waals surface area contributed by atoms with Gasteiger partial charge in [0.1, 0.15) is 6.54 Å². The molecule has 0 radical (unpaired) electrons. The number of rotatable bonds is 6. The summed E-state index contributed by atoms with van der Waals surface area (Å²) in [6, 6.07) is 7.79. The van der Waals surface area contributed by atoms with Gasteiger partial charge in [-0.15, -0.1) is 10.2 Å². The second-order valence-electron chi connectivity index (χ2n) is 8.80. The molecule has 12 nitrogen and oxygen atoms in total. The Morgan fingerprint density at radius 1 is 1.06 bits per heavy atom. The maximum Gasteiger partial charge on any atom is 0.332 e. The van der Waals surface area contributed by atoms with Gasteiger partial charge in [0.05, 0.1) is 6.61 Å². The number of aliphatic hydroxyl groups is 1. The summed E-state index contributed by atoms with van der Waals surface area (Å²) >= 11 is 0. The number of nitrogens with zero attached hydrogens (tertiary/aromatic N) is 8. The van der Waals surface area contributed by atoms with E-state index in [9.17, 15) is 14.7 Å². The van der Waals surface area contributed by atoms with Gasteiger partial charge in [-0.2, -0.15) is 4.98 Å². The number of β-amino-alcohol motifs (C(OH)–C–C–N with tert-alkyl or cyclic N) is 1. The van der Waals surface area contributed by atoms with Crippen LogP contribution in [-0.2, 0) is 20.6 Å². The smallest absolute Gasteiger partial charge is 0.332 e. The average Bonchev–Trinajstić information content (AvgIpc) is 3.48. The summed E-state index contributed by atoms with van der Waals surface area (Å²) in [6.07, 6.45) is 0. The van der Waals surface area contributed by atoms with Crippen LogP contribution in [0.15, 0.2) is 38.3 Å².